The molecule has 562 valence electrons. The van der Waals surface area contributed by atoms with Gasteiger partial charge in [-0.1, -0.05) is 44.4 Å². The van der Waals surface area contributed by atoms with Crippen molar-refractivity contribution in [2.45, 2.75) is 47.0 Å². The van der Waals surface area contributed by atoms with Crippen LogP contribution in [-0.2, 0) is 667 Å². The van der Waals surface area contributed by atoms with Crippen molar-refractivity contribution >= 4 is 668 Å². The number of carbonyl (C=O) groups excluding carboxylic acids is 1. The van der Waals surface area contributed by atoms with Crippen molar-refractivity contribution in [1.29, 1.82) is 0 Å². The average Bonchev–Trinajstić information content (AvgIpc) is 0.938. The Morgan fingerprint density at radius 3 is 0.619 bits per heavy atom. The van der Waals surface area contributed by atoms with E-state index in [1.54, 1.807) is 113 Å². The minimum atomic E-state index is -0.0759. The number of carbonyl (C=O) groups is 1. The fraction of sp³-hybridized carbons (Fsp3) is 0.333. The van der Waals surface area contributed by atoms with Crippen LogP contribution in [0.4, 0.5) is 0 Å². The lowest BCUT2D eigenvalue weighted by Gasteiger charge is -2.18. The van der Waals surface area contributed by atoms with Gasteiger partial charge in [-0.3, -0.25) is 4.79 Å². The molecule has 0 atom stereocenters. The highest BCUT2D eigenvalue weighted by atomic mass is 33.5. The van der Waals surface area contributed by atoms with Crippen molar-refractivity contribution in [2.24, 2.45) is 0 Å². The van der Waals surface area contributed by atoms with E-state index >= 15 is 0 Å². The van der Waals surface area contributed by atoms with Gasteiger partial charge in [0.05, 0.1) is 0 Å². The molecule has 0 aliphatic carbocycles. The maximum atomic E-state index is 11.3. The molecule has 0 bridgehead atoms. The predicted molar refractivity (Wildman–Crippen MR) is 640 cm³/mol. The van der Waals surface area contributed by atoms with Gasteiger partial charge < -0.3 is 0 Å². The van der Waals surface area contributed by atoms with Gasteiger partial charge in [0, 0.05) is 684 Å². The highest BCUT2D eigenvalue weighted by Crippen LogP contribution is 2.21. The molecule has 76 heteroatoms. The van der Waals surface area contributed by atoms with Crippen molar-refractivity contribution < 1.29 is 4.79 Å². The van der Waals surface area contributed by atoms with Crippen LogP contribution in [0.3, 0.4) is 0 Å². The first-order valence-electron chi connectivity index (χ1n) is 20.0. The summed E-state index contributed by atoms with van der Waals surface area (Å²) in [6, 6.07) is 7.95. The summed E-state index contributed by atoms with van der Waals surface area (Å²) in [4.78, 5) is 15.9. The largest absolute Gasteiger partial charge is 0.298 e. The molecule has 97 heavy (non-hydrogen) atoms. The van der Waals surface area contributed by atoms with Gasteiger partial charge >= 0.3 is 0 Å². The Morgan fingerprint density at radius 1 is 0.289 bits per heavy atom. The van der Waals surface area contributed by atoms with E-state index in [0.717, 1.165) is 28.7 Å². The molecule has 2 nitrogen and oxygen atoms in total. The Bertz CT molecular complexity index is 6620. The van der Waals surface area contributed by atoms with Gasteiger partial charge in [-0.05, 0) is 50.0 Å². The number of rotatable bonds is 1. The number of nitrogens with zero attached hydrogens (tertiary/aromatic N) is 1. The third kappa shape index (κ3) is 79.4. The summed E-state index contributed by atoms with van der Waals surface area (Å²) in [5, 5.41) is 0. The second kappa shape index (κ2) is 89.1. The lowest BCUT2D eigenvalue weighted by molar-refractivity contribution is 0.112. The van der Waals surface area contributed by atoms with E-state index in [-0.39, 0.29) is 5.41 Å². The zero-order chi connectivity index (χ0) is 70.1. The summed E-state index contributed by atoms with van der Waals surface area (Å²) in [5.74, 6) is 6.31. The van der Waals surface area contributed by atoms with Crippen molar-refractivity contribution in [1.82, 2.24) is 4.98 Å². The Morgan fingerprint density at radius 2 is 0.464 bits per heavy atom. The second-order valence-electron chi connectivity index (χ2n) is 11.9. The van der Waals surface area contributed by atoms with Crippen LogP contribution >= 0.6 is 0 Å². The summed E-state index contributed by atoms with van der Waals surface area (Å²) in [6.07, 6.45) is 0.818. The van der Waals surface area contributed by atoms with E-state index in [0.29, 0.717) is 11.3 Å². The minimum absolute atomic E-state index is 0.0759. The van der Waals surface area contributed by atoms with E-state index in [1.165, 1.54) is 23.3 Å². The SMILES string of the molecule is Cc1cc(C)c(C#Cc2nc(C(C)(C)C)ccc2C=O)c(C)c1.S=S=S=S=S=S=S=S=S=S=S=S=S=S=S=S=S=S=S=S=S=S=S=S=S=S=S=S=S=S=S=S=S=S=S=S=S=S=S=S=S=S=S=S=S=S=S=S=S=S=S=S=S=S=S=S=S=S=S=S=S=S=S=S=S=S=S=S=S=S=S=S=S=S. The monoisotopic (exact) mass is 2670 g/mol. The molecule has 2 rings (SSSR count). The molecule has 2 aromatic rings. The zero-order valence-corrected chi connectivity index (χ0v) is 105. The van der Waals surface area contributed by atoms with Crippen LogP contribution in [0.15, 0.2) is 24.3 Å². The van der Waals surface area contributed by atoms with Crippen LogP contribution in [0, 0.1) is 32.6 Å². The van der Waals surface area contributed by atoms with Gasteiger partial charge in [0.15, 0.2) is 6.29 Å². The molecule has 0 unspecified atom stereocenters. The molecule has 1 aromatic carbocycles. The third-order valence-corrected chi connectivity index (χ3v) is 164. The Hall–Kier alpha value is 13.9. The highest BCUT2D eigenvalue weighted by molar-refractivity contribution is 8.85. The van der Waals surface area contributed by atoms with Crippen LogP contribution in [0.25, 0.3) is 0 Å². The zero-order valence-electron chi connectivity index (χ0n) is 45.0. The number of hydrogen-bond donors (Lipinski definition) is 0. The Kier molecular flexibility index (Phi) is 100. The fourth-order valence-corrected chi connectivity index (χ4v) is 195. The van der Waals surface area contributed by atoms with Crippen molar-refractivity contribution in [2.75, 3.05) is 0 Å². The van der Waals surface area contributed by atoms with Crippen LogP contribution in [0.1, 0.15) is 64.8 Å². The first kappa shape index (κ1) is 109. The van der Waals surface area contributed by atoms with Crippen molar-refractivity contribution in [3.63, 3.8) is 0 Å². The molecule has 1 aromatic heterocycles. The summed E-state index contributed by atoms with van der Waals surface area (Å²) in [5.41, 5.74) is 6.48. The van der Waals surface area contributed by atoms with Crippen LogP contribution in [0.5, 0.6) is 0 Å². The second-order valence-corrected chi connectivity index (χ2v) is 139. The number of benzene rings is 1. The van der Waals surface area contributed by atoms with Crippen LogP contribution in [0.2, 0.25) is 0 Å². The Labute approximate surface area is 778 Å². The molecule has 0 spiro atoms. The summed E-state index contributed by atoms with van der Waals surface area (Å²) in [6.45, 7) is 12.5. The lowest BCUT2D eigenvalue weighted by atomic mass is 9.91. The number of hydrogen-bond acceptors (Lipinski definition) is 4. The minimum Gasteiger partial charge on any atom is -0.298 e. The molecular formula is C21H23NOS74. The van der Waals surface area contributed by atoms with E-state index in [2.05, 4.69) is 70.5 Å². The molecule has 0 aliphatic rings. The molecule has 0 aliphatic heterocycles. The maximum absolute atomic E-state index is 11.3. The number of aromatic nitrogens is 1. The summed E-state index contributed by atoms with van der Waals surface area (Å²) in [7, 11) is 130. The van der Waals surface area contributed by atoms with Gasteiger partial charge in [0.25, 0.3) is 0 Å². The smallest absolute Gasteiger partial charge is 0.152 e. The summed E-state index contributed by atoms with van der Waals surface area (Å²) >= 11 is 9.65. The van der Waals surface area contributed by atoms with Gasteiger partial charge in [0.2, 0.25) is 0 Å². The number of aldehydes is 1. The molecule has 0 amide bonds. The topological polar surface area (TPSA) is 30.0 Å². The molecule has 0 N–H and O–H groups in total. The van der Waals surface area contributed by atoms with Crippen molar-refractivity contribution in [3.8, 4) is 11.8 Å². The van der Waals surface area contributed by atoms with E-state index < -0.39 is 0 Å². The van der Waals surface area contributed by atoms with Gasteiger partial charge in [-0.2, -0.15) is 0 Å². The molecular weight excluding hydrogens is 2660 g/mol. The first-order valence-corrected chi connectivity index (χ1v) is 117. The van der Waals surface area contributed by atoms with E-state index in [9.17, 15) is 4.79 Å². The van der Waals surface area contributed by atoms with E-state index in [4.69, 9.17) is 22.4 Å². The Balaban J connectivity index is 0.00000170. The van der Waals surface area contributed by atoms with Gasteiger partial charge in [0.1, 0.15) is 5.69 Å². The predicted octanol–water partition coefficient (Wildman–Crippen LogP) is 4.34. The highest BCUT2D eigenvalue weighted by Gasteiger charge is 2.16. The standard InChI is InChI=1S/C21H23NO.S74/c1-14-11-15(2)18(16(3)12-14)8-9-19-17(13-23)7-10-20(22-19)21(4,5)6;1-3-5-7-9-11-13-15-17-19-21-23-25-27-29-31-33-35-37-39-41-43-45-47-49-51-53-55-57-59-61-63-65-67-69-71-73-74-72-70-68-66-64-62-60-58-56-54-52-50-48-46-44-42-40-38-36-34-32-30-28-26-24-22-20-18-16-14-12-10-8-6-4-2/h7,10-13H,1-6H3;. The number of pyridine rings is 1. The van der Waals surface area contributed by atoms with Gasteiger partial charge in [-0.15, -0.1) is 0 Å². The molecule has 0 saturated heterocycles. The fourth-order valence-electron chi connectivity index (χ4n) is 3.38. The van der Waals surface area contributed by atoms with Crippen molar-refractivity contribution in [3.05, 3.63) is 63.5 Å². The molecule has 1 heterocycles. The van der Waals surface area contributed by atoms with Gasteiger partial charge in [-0.25, -0.2) is 4.98 Å². The first-order chi connectivity index (χ1) is 47.6. The molecule has 0 fully saturated rings. The van der Waals surface area contributed by atoms with Crippen LogP contribution in [-0.4, -0.2) is 11.3 Å². The normalized spacial score (nSPS) is 8.56. The quantitative estimate of drug-likeness (QED) is 0.315. The average molecular weight is 2680 g/mol. The third-order valence-electron chi connectivity index (χ3n) is 5.78. The maximum Gasteiger partial charge on any atom is 0.152 e. The lowest BCUT2D eigenvalue weighted by Crippen LogP contribution is -2.14. The summed E-state index contributed by atoms with van der Waals surface area (Å²) < 4.78 is 0. The molecule has 0 radical (unpaired) electrons. The molecule has 0 saturated carbocycles. The van der Waals surface area contributed by atoms with Crippen LogP contribution < -0.4 is 0 Å². The number of aryl methyl sites for hydroxylation is 3. The van der Waals surface area contributed by atoms with E-state index in [1.807, 2.05) is 521 Å².